The van der Waals surface area contributed by atoms with Crippen molar-refractivity contribution in [2.24, 2.45) is 0 Å². The van der Waals surface area contributed by atoms with E-state index in [-0.39, 0.29) is 10.6 Å². The molecule has 0 heterocycles. The van der Waals surface area contributed by atoms with Crippen molar-refractivity contribution in [2.45, 2.75) is 4.90 Å². The van der Waals surface area contributed by atoms with E-state index in [9.17, 15) is 18.0 Å². The lowest BCUT2D eigenvalue weighted by atomic mass is 10.3. The Labute approximate surface area is 122 Å². The van der Waals surface area contributed by atoms with Crippen molar-refractivity contribution < 1.29 is 27.5 Å². The van der Waals surface area contributed by atoms with E-state index in [2.05, 4.69) is 14.8 Å². The largest absolute Gasteiger partial charge is 0.466 e. The fraction of sp³-hybridized carbons (Fsp3) is 0.231. The second-order valence-electron chi connectivity index (χ2n) is 3.99. The zero-order valence-electron chi connectivity index (χ0n) is 11.7. The lowest BCUT2D eigenvalue weighted by molar-refractivity contribution is -0.138. The first-order chi connectivity index (χ1) is 9.77. The van der Waals surface area contributed by atoms with Crippen molar-refractivity contribution in [1.29, 1.82) is 0 Å². The summed E-state index contributed by atoms with van der Waals surface area (Å²) in [5, 5.41) is 2.66. The van der Waals surface area contributed by atoms with Crippen LogP contribution in [-0.2, 0) is 28.9 Å². The van der Waals surface area contributed by atoms with Gasteiger partial charge in [-0.3, -0.25) is 0 Å². The van der Waals surface area contributed by atoms with Crippen LogP contribution in [0.1, 0.15) is 0 Å². The van der Waals surface area contributed by atoms with Crippen LogP contribution in [0.15, 0.2) is 40.9 Å². The van der Waals surface area contributed by atoms with Gasteiger partial charge in [0.2, 0.25) is 0 Å². The van der Waals surface area contributed by atoms with Gasteiger partial charge in [-0.15, -0.1) is 0 Å². The number of carbonyl (C=O) groups is 2. The summed E-state index contributed by atoms with van der Waals surface area (Å²) in [4.78, 5) is 22.9. The molecule has 0 aliphatic carbocycles. The first-order valence-electron chi connectivity index (χ1n) is 5.73. The van der Waals surface area contributed by atoms with Gasteiger partial charge in [0, 0.05) is 11.9 Å². The van der Waals surface area contributed by atoms with Crippen molar-refractivity contribution in [3.8, 4) is 0 Å². The molecule has 0 spiro atoms. The molecule has 1 aromatic rings. The van der Waals surface area contributed by atoms with Gasteiger partial charge in [0.25, 0.3) is 0 Å². The summed E-state index contributed by atoms with van der Waals surface area (Å²) in [6.07, 6.45) is 2.03. The van der Waals surface area contributed by atoms with Gasteiger partial charge in [0.05, 0.1) is 25.2 Å². The third-order valence-corrected chi connectivity index (χ3v) is 3.56. The molecule has 0 bridgehead atoms. The van der Waals surface area contributed by atoms with Crippen LogP contribution in [0.5, 0.6) is 0 Å². The van der Waals surface area contributed by atoms with E-state index in [0.717, 1.165) is 12.3 Å². The maximum Gasteiger partial charge on any atom is 0.354 e. The molecule has 114 valence electrons. The highest BCUT2D eigenvalue weighted by Gasteiger charge is 2.13. The number of ether oxygens (including phenoxy) is 2. The van der Waals surface area contributed by atoms with E-state index >= 15 is 0 Å². The molecule has 0 fully saturated rings. The predicted molar refractivity (Wildman–Crippen MR) is 75.3 cm³/mol. The maximum absolute atomic E-state index is 11.5. The Kier molecular flexibility index (Phi) is 5.48. The van der Waals surface area contributed by atoms with Gasteiger partial charge in [0.1, 0.15) is 5.70 Å². The van der Waals surface area contributed by atoms with Crippen LogP contribution in [0.4, 0.5) is 5.69 Å². The number of anilines is 1. The molecule has 8 heteroatoms. The third kappa shape index (κ3) is 4.92. The van der Waals surface area contributed by atoms with Gasteiger partial charge in [-0.1, -0.05) is 0 Å². The normalized spacial score (nSPS) is 11.7. The van der Waals surface area contributed by atoms with Crippen molar-refractivity contribution >= 4 is 27.5 Å². The molecule has 0 amide bonds. The first-order valence-corrected chi connectivity index (χ1v) is 7.62. The molecule has 0 saturated carbocycles. The summed E-state index contributed by atoms with van der Waals surface area (Å²) >= 11 is 0. The summed E-state index contributed by atoms with van der Waals surface area (Å²) in [5.74, 6) is -1.48. The van der Waals surface area contributed by atoms with Crippen LogP contribution in [0.3, 0.4) is 0 Å². The Balaban J connectivity index is 3.02. The minimum Gasteiger partial charge on any atom is -0.466 e. The molecule has 0 saturated heterocycles. The lowest BCUT2D eigenvalue weighted by Crippen LogP contribution is -2.15. The Bertz CT molecular complexity index is 660. The van der Waals surface area contributed by atoms with Gasteiger partial charge >= 0.3 is 11.9 Å². The number of hydrogen-bond acceptors (Lipinski definition) is 7. The Morgan fingerprint density at radius 1 is 1.10 bits per heavy atom. The minimum atomic E-state index is -3.30. The highest BCUT2D eigenvalue weighted by molar-refractivity contribution is 7.90. The highest BCUT2D eigenvalue weighted by atomic mass is 32.2. The number of methoxy groups -OCH3 is 2. The van der Waals surface area contributed by atoms with Gasteiger partial charge in [-0.05, 0) is 24.3 Å². The average Bonchev–Trinajstić information content (AvgIpc) is 2.45. The third-order valence-electron chi connectivity index (χ3n) is 2.43. The summed E-state index contributed by atoms with van der Waals surface area (Å²) in [7, 11) is -0.956. The molecule has 1 rings (SSSR count). The second-order valence-corrected chi connectivity index (χ2v) is 6.01. The summed E-state index contributed by atoms with van der Waals surface area (Å²) < 4.78 is 31.6. The zero-order chi connectivity index (χ0) is 16.0. The number of sulfone groups is 1. The average molecular weight is 313 g/mol. The smallest absolute Gasteiger partial charge is 0.354 e. The van der Waals surface area contributed by atoms with E-state index < -0.39 is 21.8 Å². The number of rotatable bonds is 5. The Morgan fingerprint density at radius 3 is 2.10 bits per heavy atom. The number of carbonyl (C=O) groups excluding carboxylic acids is 2. The van der Waals surface area contributed by atoms with Crippen LogP contribution in [0.2, 0.25) is 0 Å². The standard InChI is InChI=1S/C13H15NO6S/c1-19-12(15)8-11(13(16)20-2)14-9-4-6-10(7-5-9)21(3,17)18/h4-8,14H,1-3H3/b11-8+. The van der Waals surface area contributed by atoms with Crippen LogP contribution in [0, 0.1) is 0 Å². The van der Waals surface area contributed by atoms with E-state index in [0.29, 0.717) is 5.69 Å². The quantitative estimate of drug-likeness (QED) is 0.632. The maximum atomic E-state index is 11.5. The van der Waals surface area contributed by atoms with Gasteiger partial charge in [0.15, 0.2) is 9.84 Å². The van der Waals surface area contributed by atoms with Crippen molar-refractivity contribution in [3.05, 3.63) is 36.0 Å². The number of benzene rings is 1. The Hall–Kier alpha value is -2.35. The van der Waals surface area contributed by atoms with E-state index in [1.165, 1.54) is 38.5 Å². The molecule has 0 radical (unpaired) electrons. The van der Waals surface area contributed by atoms with Crippen molar-refractivity contribution in [3.63, 3.8) is 0 Å². The molecule has 0 atom stereocenters. The van der Waals surface area contributed by atoms with Gasteiger partial charge < -0.3 is 14.8 Å². The van der Waals surface area contributed by atoms with Gasteiger partial charge in [-0.2, -0.15) is 0 Å². The minimum absolute atomic E-state index is 0.128. The monoisotopic (exact) mass is 313 g/mol. The topological polar surface area (TPSA) is 98.8 Å². The summed E-state index contributed by atoms with van der Waals surface area (Å²) in [5.41, 5.74) is 0.291. The molecule has 21 heavy (non-hydrogen) atoms. The van der Waals surface area contributed by atoms with E-state index in [4.69, 9.17) is 0 Å². The van der Waals surface area contributed by atoms with Crippen LogP contribution in [0.25, 0.3) is 0 Å². The molecular formula is C13H15NO6S. The van der Waals surface area contributed by atoms with Crippen molar-refractivity contribution in [1.82, 2.24) is 0 Å². The molecule has 0 aliphatic rings. The fourth-order valence-corrected chi connectivity index (χ4v) is 2.00. The Morgan fingerprint density at radius 2 is 1.67 bits per heavy atom. The molecule has 1 N–H and O–H groups in total. The van der Waals surface area contributed by atoms with E-state index in [1.807, 2.05) is 0 Å². The summed E-state index contributed by atoms with van der Waals surface area (Å²) in [6.45, 7) is 0. The fourth-order valence-electron chi connectivity index (χ4n) is 1.37. The van der Waals surface area contributed by atoms with Crippen LogP contribution < -0.4 is 5.32 Å². The second kappa shape index (κ2) is 6.89. The molecule has 7 nitrogen and oxygen atoms in total. The predicted octanol–water partition coefficient (Wildman–Crippen LogP) is 0.732. The van der Waals surface area contributed by atoms with Crippen LogP contribution in [-0.4, -0.2) is 40.8 Å². The van der Waals surface area contributed by atoms with Gasteiger partial charge in [-0.25, -0.2) is 18.0 Å². The number of hydrogen-bond donors (Lipinski definition) is 1. The molecule has 0 aromatic heterocycles. The van der Waals surface area contributed by atoms with Crippen molar-refractivity contribution in [2.75, 3.05) is 25.8 Å². The summed E-state index contributed by atoms with van der Waals surface area (Å²) in [6, 6.07) is 5.68. The van der Waals surface area contributed by atoms with Crippen LogP contribution >= 0.6 is 0 Å². The number of esters is 2. The molecule has 1 aromatic carbocycles. The lowest BCUT2D eigenvalue weighted by Gasteiger charge is -2.09. The molecule has 0 aliphatic heterocycles. The van der Waals surface area contributed by atoms with E-state index in [1.54, 1.807) is 0 Å². The first kappa shape index (κ1) is 16.7. The zero-order valence-corrected chi connectivity index (χ0v) is 12.6. The highest BCUT2D eigenvalue weighted by Crippen LogP contribution is 2.16. The SMILES string of the molecule is COC(=O)/C=C(/Nc1ccc(S(C)(=O)=O)cc1)C(=O)OC. The molecule has 0 unspecified atom stereocenters. The number of nitrogens with one attached hydrogen (secondary N) is 1. The molecular weight excluding hydrogens is 298 g/mol.